The van der Waals surface area contributed by atoms with Gasteiger partial charge < -0.3 is 20.3 Å². The summed E-state index contributed by atoms with van der Waals surface area (Å²) in [6.45, 7) is 6.14. The molecule has 0 radical (unpaired) electrons. The summed E-state index contributed by atoms with van der Waals surface area (Å²) in [5, 5.41) is 7.64. The van der Waals surface area contributed by atoms with Crippen LogP contribution in [0.1, 0.15) is 22.4 Å². The number of nitrogens with zero attached hydrogens (tertiary/aromatic N) is 3. The monoisotopic (exact) mass is 405 g/mol. The highest BCUT2D eigenvalue weighted by atomic mass is 32.1. The number of hydrogen-bond donors (Lipinski definition) is 2. The predicted octanol–water partition coefficient (Wildman–Crippen LogP) is 2.59. The molecule has 0 spiro atoms. The van der Waals surface area contributed by atoms with Crippen LogP contribution in [0.15, 0.2) is 29.4 Å². The Balaban J connectivity index is 1.47. The van der Waals surface area contributed by atoms with Crippen molar-refractivity contribution in [3.05, 3.63) is 45.7 Å². The fourth-order valence-electron chi connectivity index (χ4n) is 3.04. The van der Waals surface area contributed by atoms with Crippen LogP contribution < -0.4 is 15.5 Å². The zero-order chi connectivity index (χ0) is 19.8. The molecule has 1 aromatic heterocycles. The van der Waals surface area contributed by atoms with Crippen LogP contribution in [0.25, 0.3) is 0 Å². The maximum Gasteiger partial charge on any atom is 0.191 e. The van der Waals surface area contributed by atoms with Crippen molar-refractivity contribution in [2.75, 3.05) is 44.8 Å². The van der Waals surface area contributed by atoms with E-state index in [0.717, 1.165) is 43.0 Å². The Morgan fingerprint density at radius 2 is 2.14 bits per heavy atom. The number of aryl methyl sites for hydroxylation is 1. The first-order valence-corrected chi connectivity index (χ1v) is 10.5. The third-order valence-electron chi connectivity index (χ3n) is 4.63. The average molecular weight is 406 g/mol. The van der Waals surface area contributed by atoms with Crippen LogP contribution in [0.4, 0.5) is 10.1 Å². The molecular weight excluding hydrogens is 377 g/mol. The average Bonchev–Trinajstić information content (AvgIpc) is 3.19. The summed E-state index contributed by atoms with van der Waals surface area (Å²) in [5.74, 6) is 0.504. The highest BCUT2D eigenvalue weighted by Crippen LogP contribution is 2.21. The van der Waals surface area contributed by atoms with Gasteiger partial charge in [0.05, 0.1) is 23.9 Å². The minimum absolute atomic E-state index is 0.195. The van der Waals surface area contributed by atoms with Crippen LogP contribution >= 0.6 is 11.3 Å². The van der Waals surface area contributed by atoms with Gasteiger partial charge in [-0.3, -0.25) is 4.99 Å². The topological polar surface area (TPSA) is 61.8 Å². The first kappa shape index (κ1) is 20.5. The number of hydrogen-bond acceptors (Lipinski definition) is 5. The molecule has 0 saturated carbocycles. The molecule has 1 fully saturated rings. The third-order valence-corrected chi connectivity index (χ3v) is 5.83. The highest BCUT2D eigenvalue weighted by Gasteiger charge is 2.15. The van der Waals surface area contributed by atoms with Gasteiger partial charge in [0.25, 0.3) is 0 Å². The van der Waals surface area contributed by atoms with Crippen molar-refractivity contribution >= 4 is 23.0 Å². The molecule has 3 rings (SSSR count). The molecule has 1 aliphatic heterocycles. The lowest BCUT2D eigenvalue weighted by Gasteiger charge is -2.29. The second kappa shape index (κ2) is 10.4. The van der Waals surface area contributed by atoms with E-state index >= 15 is 0 Å². The number of rotatable bonds is 7. The van der Waals surface area contributed by atoms with Crippen molar-refractivity contribution in [2.24, 2.45) is 4.99 Å². The van der Waals surface area contributed by atoms with Crippen molar-refractivity contribution in [1.29, 1.82) is 0 Å². The number of morpholine rings is 1. The molecule has 0 bridgehead atoms. The number of aromatic nitrogens is 1. The molecule has 2 heterocycles. The molecule has 0 unspecified atom stereocenters. The van der Waals surface area contributed by atoms with E-state index in [-0.39, 0.29) is 5.82 Å². The van der Waals surface area contributed by atoms with Gasteiger partial charge in [-0.2, -0.15) is 0 Å². The first-order valence-electron chi connectivity index (χ1n) is 9.68. The van der Waals surface area contributed by atoms with Gasteiger partial charge in [-0.25, -0.2) is 9.37 Å². The van der Waals surface area contributed by atoms with E-state index in [1.807, 2.05) is 23.2 Å². The van der Waals surface area contributed by atoms with Crippen molar-refractivity contribution < 1.29 is 9.13 Å². The fourth-order valence-corrected chi connectivity index (χ4v) is 3.90. The van der Waals surface area contributed by atoms with Gasteiger partial charge in [0.1, 0.15) is 5.82 Å². The molecule has 2 N–H and O–H groups in total. The highest BCUT2D eigenvalue weighted by molar-refractivity contribution is 7.11. The number of anilines is 1. The number of ether oxygens (including phenoxy) is 1. The summed E-state index contributed by atoms with van der Waals surface area (Å²) in [6, 6.07) is 5.39. The Kier molecular flexibility index (Phi) is 7.62. The minimum Gasteiger partial charge on any atom is -0.378 e. The molecule has 1 aromatic carbocycles. The molecule has 1 aliphatic rings. The lowest BCUT2D eigenvalue weighted by Crippen LogP contribution is -2.38. The van der Waals surface area contributed by atoms with E-state index in [4.69, 9.17) is 4.74 Å². The molecule has 6 nitrogen and oxygen atoms in total. The molecule has 0 aliphatic carbocycles. The SMILES string of the molecule is CCc1cnc(CCNC(=NC)NCc2ccc(N3CCOCC3)c(F)c2)s1. The van der Waals surface area contributed by atoms with Gasteiger partial charge in [0.2, 0.25) is 0 Å². The van der Waals surface area contributed by atoms with E-state index in [0.29, 0.717) is 31.4 Å². The lowest BCUT2D eigenvalue weighted by molar-refractivity contribution is 0.122. The predicted molar refractivity (Wildman–Crippen MR) is 113 cm³/mol. The van der Waals surface area contributed by atoms with Crippen LogP contribution in [0.2, 0.25) is 0 Å². The van der Waals surface area contributed by atoms with Crippen LogP contribution in [-0.4, -0.2) is 50.8 Å². The Hall–Kier alpha value is -2.19. The molecule has 0 atom stereocenters. The number of benzene rings is 1. The number of thiazole rings is 1. The van der Waals surface area contributed by atoms with Gasteiger partial charge >= 0.3 is 0 Å². The van der Waals surface area contributed by atoms with Crippen molar-refractivity contribution in [1.82, 2.24) is 15.6 Å². The third kappa shape index (κ3) is 5.65. The van der Waals surface area contributed by atoms with Crippen LogP contribution in [0.3, 0.4) is 0 Å². The molecule has 0 amide bonds. The smallest absolute Gasteiger partial charge is 0.191 e. The molecule has 8 heteroatoms. The van der Waals surface area contributed by atoms with Gasteiger partial charge in [0.15, 0.2) is 5.96 Å². The van der Waals surface area contributed by atoms with Crippen LogP contribution in [0.5, 0.6) is 0 Å². The molecule has 2 aromatic rings. The number of nitrogens with one attached hydrogen (secondary N) is 2. The number of aliphatic imine (C=N–C) groups is 1. The van der Waals surface area contributed by atoms with Crippen LogP contribution in [-0.2, 0) is 24.1 Å². The molecular formula is C20H28FN5OS. The maximum absolute atomic E-state index is 14.5. The lowest BCUT2D eigenvalue weighted by atomic mass is 10.1. The van der Waals surface area contributed by atoms with Crippen LogP contribution in [0, 0.1) is 5.82 Å². The van der Waals surface area contributed by atoms with Crippen molar-refractivity contribution in [3.63, 3.8) is 0 Å². The Bertz CT molecular complexity index is 789. The quantitative estimate of drug-likeness (QED) is 0.548. The standard InChI is InChI=1S/C20H28FN5OS/c1-3-16-14-24-19(28-16)6-7-23-20(22-2)25-13-15-4-5-18(17(21)12-15)26-8-10-27-11-9-26/h4-5,12,14H,3,6-11,13H2,1-2H3,(H2,22,23,25). The second-order valence-corrected chi connectivity index (χ2v) is 7.76. The molecule has 28 heavy (non-hydrogen) atoms. The Morgan fingerprint density at radius 1 is 1.32 bits per heavy atom. The summed E-state index contributed by atoms with van der Waals surface area (Å²) in [7, 11) is 1.73. The van der Waals surface area contributed by atoms with Crippen molar-refractivity contribution in [3.8, 4) is 0 Å². The zero-order valence-corrected chi connectivity index (χ0v) is 17.3. The number of halogens is 1. The first-order chi connectivity index (χ1) is 13.7. The van der Waals surface area contributed by atoms with E-state index in [1.165, 1.54) is 4.88 Å². The molecule has 1 saturated heterocycles. The van der Waals surface area contributed by atoms with Gasteiger partial charge in [-0.05, 0) is 24.1 Å². The van der Waals surface area contributed by atoms with Gasteiger partial charge in [-0.1, -0.05) is 13.0 Å². The van der Waals surface area contributed by atoms with E-state index in [1.54, 1.807) is 24.5 Å². The minimum atomic E-state index is -0.195. The largest absolute Gasteiger partial charge is 0.378 e. The molecule has 152 valence electrons. The summed E-state index contributed by atoms with van der Waals surface area (Å²) >= 11 is 1.75. The Labute approximate surface area is 169 Å². The summed E-state index contributed by atoms with van der Waals surface area (Å²) in [5.41, 5.74) is 1.52. The van der Waals surface area contributed by atoms with Gasteiger partial charge in [-0.15, -0.1) is 11.3 Å². The second-order valence-electron chi connectivity index (χ2n) is 6.56. The number of guanidine groups is 1. The van der Waals surface area contributed by atoms with E-state index in [9.17, 15) is 4.39 Å². The summed E-state index contributed by atoms with van der Waals surface area (Å²) in [6.07, 6.45) is 3.83. The Morgan fingerprint density at radius 3 is 2.82 bits per heavy atom. The zero-order valence-electron chi connectivity index (χ0n) is 16.5. The van der Waals surface area contributed by atoms with E-state index < -0.39 is 0 Å². The maximum atomic E-state index is 14.5. The normalized spacial score (nSPS) is 15.0. The van der Waals surface area contributed by atoms with Gasteiger partial charge in [0, 0.05) is 50.7 Å². The van der Waals surface area contributed by atoms with Crippen molar-refractivity contribution in [2.45, 2.75) is 26.3 Å². The van der Waals surface area contributed by atoms with E-state index in [2.05, 4.69) is 27.5 Å². The fraction of sp³-hybridized carbons (Fsp3) is 0.500. The summed E-state index contributed by atoms with van der Waals surface area (Å²) in [4.78, 5) is 12.0. The summed E-state index contributed by atoms with van der Waals surface area (Å²) < 4.78 is 19.8.